The summed E-state index contributed by atoms with van der Waals surface area (Å²) in [4.78, 5) is 28.2. The van der Waals surface area contributed by atoms with Gasteiger partial charge >= 0.3 is 0 Å². The third kappa shape index (κ3) is 1.04. The van der Waals surface area contributed by atoms with Gasteiger partial charge in [0.15, 0.2) is 0 Å². The standard InChI is InChI=1S/C12H8N2O4/c1-14-11(17)6-7(12(14)18)10(16)8-5(9(6)15)3-2-4-13-8/h2-4,17-18H,1H3. The number of hydrogen-bond donors (Lipinski definition) is 2. The summed E-state index contributed by atoms with van der Waals surface area (Å²) in [5.74, 6) is -1.93. The zero-order chi connectivity index (χ0) is 13.0. The van der Waals surface area contributed by atoms with Crippen LogP contribution in [0.1, 0.15) is 32.0 Å². The lowest BCUT2D eigenvalue weighted by Gasteiger charge is -2.12. The fourth-order valence-electron chi connectivity index (χ4n) is 2.11. The third-order valence-corrected chi connectivity index (χ3v) is 3.05. The number of pyridine rings is 1. The molecule has 6 nitrogen and oxygen atoms in total. The molecule has 0 unspecified atom stereocenters. The molecular weight excluding hydrogens is 236 g/mol. The fraction of sp³-hybridized carbons (Fsp3) is 0.0833. The minimum atomic E-state index is -0.561. The molecule has 1 aliphatic rings. The van der Waals surface area contributed by atoms with Gasteiger partial charge < -0.3 is 10.2 Å². The molecule has 0 saturated carbocycles. The molecular formula is C12H8N2O4. The van der Waals surface area contributed by atoms with E-state index in [0.717, 1.165) is 4.57 Å². The van der Waals surface area contributed by atoms with Crippen molar-refractivity contribution in [2.24, 2.45) is 7.05 Å². The van der Waals surface area contributed by atoms with Crippen molar-refractivity contribution in [2.75, 3.05) is 0 Å². The summed E-state index contributed by atoms with van der Waals surface area (Å²) >= 11 is 0. The molecule has 0 atom stereocenters. The van der Waals surface area contributed by atoms with Crippen LogP contribution >= 0.6 is 0 Å². The molecule has 18 heavy (non-hydrogen) atoms. The van der Waals surface area contributed by atoms with E-state index in [-0.39, 0.29) is 22.4 Å². The molecule has 2 aromatic heterocycles. The Morgan fingerprint density at radius 3 is 2.39 bits per heavy atom. The van der Waals surface area contributed by atoms with E-state index in [2.05, 4.69) is 4.98 Å². The van der Waals surface area contributed by atoms with Crippen LogP contribution in [0.2, 0.25) is 0 Å². The second-order valence-electron chi connectivity index (χ2n) is 4.01. The molecule has 1 aliphatic carbocycles. The first-order valence-corrected chi connectivity index (χ1v) is 5.19. The molecule has 3 rings (SSSR count). The van der Waals surface area contributed by atoms with Crippen LogP contribution in [0.25, 0.3) is 0 Å². The van der Waals surface area contributed by atoms with Crippen molar-refractivity contribution < 1.29 is 19.8 Å². The van der Waals surface area contributed by atoms with E-state index in [1.165, 1.54) is 25.4 Å². The Morgan fingerprint density at radius 1 is 1.11 bits per heavy atom. The van der Waals surface area contributed by atoms with E-state index in [1.54, 1.807) is 0 Å². The molecule has 0 aliphatic heterocycles. The molecule has 2 aromatic rings. The van der Waals surface area contributed by atoms with Gasteiger partial charge in [0, 0.05) is 13.2 Å². The summed E-state index contributed by atoms with van der Waals surface area (Å²) in [6.07, 6.45) is 1.40. The van der Waals surface area contributed by atoms with Crippen LogP contribution in [0.15, 0.2) is 18.3 Å². The Bertz CT molecular complexity index is 657. The first-order chi connectivity index (χ1) is 8.54. The van der Waals surface area contributed by atoms with Gasteiger partial charge in [-0.3, -0.25) is 19.1 Å². The fourth-order valence-corrected chi connectivity index (χ4v) is 2.11. The molecule has 90 valence electrons. The lowest BCUT2D eigenvalue weighted by molar-refractivity contribution is 0.0972. The number of aromatic nitrogens is 2. The number of rotatable bonds is 0. The van der Waals surface area contributed by atoms with Crippen LogP contribution in [-0.2, 0) is 7.05 Å². The van der Waals surface area contributed by atoms with Gasteiger partial charge in [-0.1, -0.05) is 0 Å². The maximum atomic E-state index is 12.2. The average molecular weight is 244 g/mol. The average Bonchev–Trinajstić information content (AvgIpc) is 2.61. The molecule has 0 radical (unpaired) electrons. The van der Waals surface area contributed by atoms with Crippen LogP contribution < -0.4 is 0 Å². The SMILES string of the molecule is Cn1c(O)c2c(c1O)C(=O)c1ncccc1C2=O. The molecule has 0 fully saturated rings. The zero-order valence-corrected chi connectivity index (χ0v) is 9.34. The van der Waals surface area contributed by atoms with Gasteiger partial charge in [-0.25, -0.2) is 0 Å². The number of aromatic hydroxyl groups is 2. The van der Waals surface area contributed by atoms with E-state index >= 15 is 0 Å². The lowest BCUT2D eigenvalue weighted by Crippen LogP contribution is -2.20. The summed E-state index contributed by atoms with van der Waals surface area (Å²) < 4.78 is 0.992. The van der Waals surface area contributed by atoms with Gasteiger partial charge in [0.1, 0.15) is 11.3 Å². The first-order valence-electron chi connectivity index (χ1n) is 5.19. The predicted molar refractivity (Wildman–Crippen MR) is 59.8 cm³/mol. The van der Waals surface area contributed by atoms with Crippen molar-refractivity contribution in [3.63, 3.8) is 0 Å². The van der Waals surface area contributed by atoms with Crippen molar-refractivity contribution >= 4 is 11.6 Å². The van der Waals surface area contributed by atoms with E-state index in [4.69, 9.17) is 0 Å². The third-order valence-electron chi connectivity index (χ3n) is 3.05. The molecule has 0 bridgehead atoms. The number of nitrogens with zero attached hydrogens (tertiary/aromatic N) is 2. The molecule has 0 aromatic carbocycles. The van der Waals surface area contributed by atoms with Crippen molar-refractivity contribution in [1.29, 1.82) is 0 Å². The van der Waals surface area contributed by atoms with E-state index < -0.39 is 23.3 Å². The maximum Gasteiger partial charge on any atom is 0.218 e. The molecule has 2 N–H and O–H groups in total. The largest absolute Gasteiger partial charge is 0.494 e. The molecule has 0 saturated heterocycles. The summed E-state index contributed by atoms with van der Waals surface area (Å²) in [5, 5.41) is 19.6. The van der Waals surface area contributed by atoms with E-state index in [9.17, 15) is 19.8 Å². The van der Waals surface area contributed by atoms with Crippen LogP contribution in [0.5, 0.6) is 11.8 Å². The predicted octanol–water partition coefficient (Wildman–Crippen LogP) is 0.607. The first kappa shape index (κ1) is 10.5. The number of carbonyl (C=O) groups excluding carboxylic acids is 2. The summed E-state index contributed by atoms with van der Waals surface area (Å²) in [5.41, 5.74) is -0.224. The number of ketones is 2. The normalized spacial score (nSPS) is 13.4. The Labute approximate surface area is 101 Å². The van der Waals surface area contributed by atoms with Crippen molar-refractivity contribution in [3.05, 3.63) is 40.7 Å². The quantitative estimate of drug-likeness (QED) is 0.604. The molecule has 0 amide bonds. The van der Waals surface area contributed by atoms with Crippen LogP contribution in [0, 0.1) is 0 Å². The second kappa shape index (κ2) is 3.19. The van der Waals surface area contributed by atoms with Gasteiger partial charge in [0.05, 0.1) is 11.1 Å². The van der Waals surface area contributed by atoms with E-state index in [0.29, 0.717) is 0 Å². The summed E-state index contributed by atoms with van der Waals surface area (Å²) in [7, 11) is 1.36. The van der Waals surface area contributed by atoms with Crippen LogP contribution in [0.4, 0.5) is 0 Å². The maximum absolute atomic E-state index is 12.2. The van der Waals surface area contributed by atoms with Gasteiger partial charge in [-0.05, 0) is 12.1 Å². The number of hydrogen-bond acceptors (Lipinski definition) is 5. The summed E-state index contributed by atoms with van der Waals surface area (Å²) in [6, 6.07) is 3.00. The second-order valence-corrected chi connectivity index (χ2v) is 4.01. The highest BCUT2D eigenvalue weighted by molar-refractivity contribution is 6.29. The highest BCUT2D eigenvalue weighted by Gasteiger charge is 2.38. The molecule has 0 spiro atoms. The van der Waals surface area contributed by atoms with Gasteiger partial charge in [-0.2, -0.15) is 0 Å². The van der Waals surface area contributed by atoms with Crippen molar-refractivity contribution in [2.45, 2.75) is 0 Å². The topological polar surface area (TPSA) is 92.4 Å². The Morgan fingerprint density at radius 2 is 1.72 bits per heavy atom. The van der Waals surface area contributed by atoms with E-state index in [1.807, 2.05) is 0 Å². The Hall–Kier alpha value is -2.63. The Kier molecular flexibility index (Phi) is 1.87. The monoisotopic (exact) mass is 244 g/mol. The zero-order valence-electron chi connectivity index (χ0n) is 9.34. The van der Waals surface area contributed by atoms with Gasteiger partial charge in [-0.15, -0.1) is 0 Å². The van der Waals surface area contributed by atoms with Gasteiger partial charge in [0.2, 0.25) is 23.3 Å². The van der Waals surface area contributed by atoms with Gasteiger partial charge in [0.25, 0.3) is 0 Å². The number of fused-ring (bicyclic) bond motifs is 2. The van der Waals surface area contributed by atoms with Crippen LogP contribution in [-0.4, -0.2) is 31.3 Å². The summed E-state index contributed by atoms with van der Waals surface area (Å²) in [6.45, 7) is 0. The van der Waals surface area contributed by atoms with Crippen molar-refractivity contribution in [3.8, 4) is 11.8 Å². The Balaban J connectivity index is 2.41. The van der Waals surface area contributed by atoms with Crippen molar-refractivity contribution in [1.82, 2.24) is 9.55 Å². The lowest BCUT2D eigenvalue weighted by atomic mass is 9.89. The highest BCUT2D eigenvalue weighted by atomic mass is 16.3. The number of carbonyl (C=O) groups is 2. The smallest absolute Gasteiger partial charge is 0.218 e. The minimum absolute atomic E-state index is 0.00380. The minimum Gasteiger partial charge on any atom is -0.494 e. The molecule has 6 heteroatoms. The van der Waals surface area contributed by atoms with Crippen LogP contribution in [0.3, 0.4) is 0 Å². The molecule has 2 heterocycles. The highest BCUT2D eigenvalue weighted by Crippen LogP contribution is 2.39.